The Bertz CT molecular complexity index is 355. The van der Waals surface area contributed by atoms with Gasteiger partial charge >= 0.3 is 0 Å². The lowest BCUT2D eigenvalue weighted by molar-refractivity contribution is 0.0937. The average Bonchev–Trinajstić information content (AvgIpc) is 2.59. The Hall–Kier alpha value is -0.570. The summed E-state index contributed by atoms with van der Waals surface area (Å²) >= 11 is 3.21. The number of hydrogen-bond donors (Lipinski definition) is 2. The van der Waals surface area contributed by atoms with Crippen LogP contribution in [0.3, 0.4) is 0 Å². The molecular weight excluding hydrogens is 296 g/mol. The van der Waals surface area contributed by atoms with E-state index in [0.717, 1.165) is 0 Å². The van der Waals surface area contributed by atoms with E-state index in [-0.39, 0.29) is 0 Å². The zero-order valence-electron chi connectivity index (χ0n) is 9.70. The Kier molecular flexibility index (Phi) is 5.44. The normalized spacial score (nSPS) is 13.6. The summed E-state index contributed by atoms with van der Waals surface area (Å²) in [5.41, 5.74) is 2.48. The van der Waals surface area contributed by atoms with Crippen LogP contribution in [0.15, 0.2) is 10.7 Å². The quantitative estimate of drug-likeness (QED) is 0.607. The zero-order chi connectivity index (χ0) is 13.0. The average molecular weight is 312 g/mol. The maximum absolute atomic E-state index is 12.8. The fraction of sp³-hybridized carbons (Fsp3) is 0.667. The number of hydrazine groups is 1. The monoisotopic (exact) mass is 311 g/mol. The molecule has 0 radical (unpaired) electrons. The van der Waals surface area contributed by atoms with Crippen LogP contribution >= 0.6 is 15.9 Å². The van der Waals surface area contributed by atoms with Crippen molar-refractivity contribution in [1.82, 2.24) is 20.1 Å². The SMILES string of the molecule is CN(C)CCn1ncc(Br)c1C(NN)C(F)F. The summed E-state index contributed by atoms with van der Waals surface area (Å²) in [5, 5.41) is 4.05. The third-order valence-corrected chi connectivity index (χ3v) is 2.93. The Morgan fingerprint density at radius 2 is 2.24 bits per heavy atom. The van der Waals surface area contributed by atoms with E-state index in [4.69, 9.17) is 5.84 Å². The molecule has 5 nitrogen and oxygen atoms in total. The highest BCUT2D eigenvalue weighted by Crippen LogP contribution is 2.27. The molecule has 0 amide bonds. The Morgan fingerprint density at radius 1 is 1.59 bits per heavy atom. The molecule has 1 aromatic heterocycles. The fourth-order valence-electron chi connectivity index (χ4n) is 1.43. The van der Waals surface area contributed by atoms with Crippen molar-refractivity contribution in [2.75, 3.05) is 20.6 Å². The van der Waals surface area contributed by atoms with Gasteiger partial charge < -0.3 is 4.90 Å². The van der Waals surface area contributed by atoms with Crippen molar-refractivity contribution in [3.8, 4) is 0 Å². The zero-order valence-corrected chi connectivity index (χ0v) is 11.3. The van der Waals surface area contributed by atoms with Crippen molar-refractivity contribution in [3.63, 3.8) is 0 Å². The van der Waals surface area contributed by atoms with E-state index in [2.05, 4.69) is 26.5 Å². The molecule has 1 heterocycles. The number of aromatic nitrogens is 2. The molecule has 0 saturated carbocycles. The van der Waals surface area contributed by atoms with Crippen LogP contribution in [0.2, 0.25) is 0 Å². The van der Waals surface area contributed by atoms with Crippen LogP contribution in [0.1, 0.15) is 11.7 Å². The summed E-state index contributed by atoms with van der Waals surface area (Å²) in [7, 11) is 3.81. The number of nitrogens with zero attached hydrogens (tertiary/aromatic N) is 3. The standard InChI is InChI=1S/C9H16BrF2N5/c1-16(2)3-4-17-8(6(10)5-14-17)7(15-13)9(11)12/h5,7,9,15H,3-4,13H2,1-2H3. The van der Waals surface area contributed by atoms with Crippen LogP contribution in [0.4, 0.5) is 8.78 Å². The second-order valence-electron chi connectivity index (χ2n) is 3.88. The van der Waals surface area contributed by atoms with Crippen molar-refractivity contribution in [1.29, 1.82) is 0 Å². The van der Waals surface area contributed by atoms with E-state index >= 15 is 0 Å². The van der Waals surface area contributed by atoms with Gasteiger partial charge in [0.25, 0.3) is 6.43 Å². The Labute approximate surface area is 107 Å². The number of hydrogen-bond acceptors (Lipinski definition) is 4. The molecule has 8 heteroatoms. The van der Waals surface area contributed by atoms with Crippen molar-refractivity contribution in [2.45, 2.75) is 19.0 Å². The molecule has 0 aliphatic carbocycles. The van der Waals surface area contributed by atoms with E-state index in [1.165, 1.54) is 10.9 Å². The van der Waals surface area contributed by atoms with Gasteiger partial charge in [-0.15, -0.1) is 0 Å². The minimum atomic E-state index is -2.59. The number of rotatable bonds is 6. The summed E-state index contributed by atoms with van der Waals surface area (Å²) in [6, 6.07) is -1.23. The van der Waals surface area contributed by atoms with Crippen LogP contribution in [0.5, 0.6) is 0 Å². The third kappa shape index (κ3) is 3.70. The number of nitrogens with two attached hydrogens (primary N) is 1. The summed E-state index contributed by atoms with van der Waals surface area (Å²) < 4.78 is 27.7. The van der Waals surface area contributed by atoms with E-state index < -0.39 is 12.5 Å². The van der Waals surface area contributed by atoms with Gasteiger partial charge in [0.2, 0.25) is 0 Å². The summed E-state index contributed by atoms with van der Waals surface area (Å²) in [4.78, 5) is 1.95. The second kappa shape index (κ2) is 6.39. The van der Waals surface area contributed by atoms with Crippen LogP contribution in [0.25, 0.3) is 0 Å². The highest BCUT2D eigenvalue weighted by molar-refractivity contribution is 9.10. The van der Waals surface area contributed by atoms with E-state index in [0.29, 0.717) is 23.3 Å². The lowest BCUT2D eigenvalue weighted by Gasteiger charge is -2.18. The first kappa shape index (κ1) is 14.5. The highest BCUT2D eigenvalue weighted by Gasteiger charge is 2.27. The summed E-state index contributed by atoms with van der Waals surface area (Å²) in [6.45, 7) is 1.24. The second-order valence-corrected chi connectivity index (χ2v) is 4.74. The molecule has 1 rings (SSSR count). The van der Waals surface area contributed by atoms with Crippen LogP contribution in [-0.4, -0.2) is 41.7 Å². The minimum Gasteiger partial charge on any atom is -0.308 e. The van der Waals surface area contributed by atoms with Crippen molar-refractivity contribution < 1.29 is 8.78 Å². The molecule has 0 fully saturated rings. The third-order valence-electron chi connectivity index (χ3n) is 2.32. The molecule has 3 N–H and O–H groups in total. The van der Waals surface area contributed by atoms with Gasteiger partial charge in [-0.05, 0) is 30.0 Å². The van der Waals surface area contributed by atoms with Gasteiger partial charge in [0.1, 0.15) is 6.04 Å². The molecule has 0 bridgehead atoms. The Morgan fingerprint density at radius 3 is 2.71 bits per heavy atom. The maximum Gasteiger partial charge on any atom is 0.260 e. The minimum absolute atomic E-state index is 0.365. The first-order valence-corrected chi connectivity index (χ1v) is 5.87. The van der Waals surface area contributed by atoms with Crippen LogP contribution < -0.4 is 11.3 Å². The van der Waals surface area contributed by atoms with Gasteiger partial charge in [0.05, 0.1) is 22.9 Å². The van der Waals surface area contributed by atoms with Crippen molar-refractivity contribution in [2.24, 2.45) is 5.84 Å². The first-order valence-electron chi connectivity index (χ1n) is 5.07. The summed E-state index contributed by atoms with van der Waals surface area (Å²) in [5.74, 6) is 5.16. The predicted molar refractivity (Wildman–Crippen MR) is 64.5 cm³/mol. The highest BCUT2D eigenvalue weighted by atomic mass is 79.9. The van der Waals surface area contributed by atoms with Gasteiger partial charge in [0, 0.05) is 6.54 Å². The van der Waals surface area contributed by atoms with Crippen LogP contribution in [0, 0.1) is 0 Å². The van der Waals surface area contributed by atoms with E-state index in [1.807, 2.05) is 19.0 Å². The van der Waals surface area contributed by atoms with Gasteiger partial charge in [-0.25, -0.2) is 14.2 Å². The molecular formula is C9H16BrF2N5. The predicted octanol–water partition coefficient (Wildman–Crippen LogP) is 0.977. The van der Waals surface area contributed by atoms with Gasteiger partial charge in [0.15, 0.2) is 0 Å². The number of nitrogens with one attached hydrogen (secondary N) is 1. The number of likely N-dealkylation sites (N-methyl/N-ethyl adjacent to an activating group) is 1. The van der Waals surface area contributed by atoms with Crippen LogP contribution in [-0.2, 0) is 6.54 Å². The van der Waals surface area contributed by atoms with Crippen molar-refractivity contribution in [3.05, 3.63) is 16.4 Å². The molecule has 0 spiro atoms. The van der Waals surface area contributed by atoms with Gasteiger partial charge in [-0.3, -0.25) is 10.5 Å². The molecule has 0 saturated heterocycles. The molecule has 1 atom stereocenters. The van der Waals surface area contributed by atoms with Gasteiger partial charge in [-0.1, -0.05) is 0 Å². The van der Waals surface area contributed by atoms with E-state index in [9.17, 15) is 8.78 Å². The topological polar surface area (TPSA) is 59.1 Å². The largest absolute Gasteiger partial charge is 0.308 e. The number of alkyl halides is 2. The molecule has 17 heavy (non-hydrogen) atoms. The van der Waals surface area contributed by atoms with E-state index in [1.54, 1.807) is 0 Å². The first-order chi connectivity index (χ1) is 7.97. The molecule has 0 aliphatic heterocycles. The molecule has 0 aromatic carbocycles. The number of halogens is 3. The lowest BCUT2D eigenvalue weighted by atomic mass is 10.2. The molecule has 1 unspecified atom stereocenters. The lowest BCUT2D eigenvalue weighted by Crippen LogP contribution is -2.35. The molecule has 1 aromatic rings. The van der Waals surface area contributed by atoms with Gasteiger partial charge in [-0.2, -0.15) is 5.10 Å². The Balaban J connectivity index is 2.92. The maximum atomic E-state index is 12.8. The smallest absolute Gasteiger partial charge is 0.260 e. The molecule has 98 valence electrons. The van der Waals surface area contributed by atoms with Crippen molar-refractivity contribution >= 4 is 15.9 Å². The molecule has 0 aliphatic rings. The fourth-order valence-corrected chi connectivity index (χ4v) is 1.97. The summed E-state index contributed by atoms with van der Waals surface area (Å²) in [6.07, 6.45) is -1.09.